The molecule has 2 aliphatic rings. The summed E-state index contributed by atoms with van der Waals surface area (Å²) in [6.07, 6.45) is 3.35. The van der Waals surface area contributed by atoms with Gasteiger partial charge >= 0.3 is 5.97 Å². The first-order chi connectivity index (χ1) is 42.9. The van der Waals surface area contributed by atoms with Crippen molar-refractivity contribution in [2.75, 3.05) is 26.2 Å². The largest absolute Gasteiger partial charge is 0.508 e. The predicted octanol–water partition coefficient (Wildman–Crippen LogP) is -4.15. The highest BCUT2D eigenvalue weighted by Gasteiger charge is 2.40. The first-order valence-corrected chi connectivity index (χ1v) is 29.4. The molecule has 2 aliphatic heterocycles. The fourth-order valence-corrected chi connectivity index (χ4v) is 10.3. The number of imidazole rings is 1. The summed E-state index contributed by atoms with van der Waals surface area (Å²) in [4.78, 5) is 178. The summed E-state index contributed by atoms with van der Waals surface area (Å²) in [7, 11) is 0. The number of nitrogens with two attached hydrogens (primary N) is 3. The van der Waals surface area contributed by atoms with Crippen LogP contribution in [0.1, 0.15) is 88.5 Å². The molecule has 6 rings (SSSR count). The number of carbonyl (C=O) groups is 12. The van der Waals surface area contributed by atoms with Gasteiger partial charge in [0.1, 0.15) is 60.1 Å². The highest BCUT2D eigenvalue weighted by atomic mass is 16.4. The van der Waals surface area contributed by atoms with Gasteiger partial charge in [-0.2, -0.15) is 0 Å². The minimum absolute atomic E-state index is 0.0424. The average molecular weight is 1250 g/mol. The van der Waals surface area contributed by atoms with Crippen molar-refractivity contribution < 1.29 is 72.9 Å². The summed E-state index contributed by atoms with van der Waals surface area (Å²) in [6, 6.07) is -0.325. The molecule has 0 aliphatic carbocycles. The Morgan fingerprint density at radius 3 is 1.94 bits per heavy atom. The van der Waals surface area contributed by atoms with Crippen LogP contribution < -0.4 is 65.1 Å². The number of likely N-dealkylation sites (tertiary alicyclic amines) is 1. The summed E-state index contributed by atoms with van der Waals surface area (Å²) >= 11 is 0. The Morgan fingerprint density at radius 2 is 1.32 bits per heavy atom. The molecule has 90 heavy (non-hydrogen) atoms. The van der Waals surface area contributed by atoms with Crippen molar-refractivity contribution in [2.45, 2.75) is 145 Å². The molecule has 4 heterocycles. The number of aromatic nitrogens is 3. The third kappa shape index (κ3) is 20.8. The molecule has 32 heteroatoms. The maximum Gasteiger partial charge on any atom is 0.303 e. The minimum Gasteiger partial charge on any atom is -0.508 e. The van der Waals surface area contributed by atoms with Crippen LogP contribution in [0.2, 0.25) is 0 Å². The number of aliphatic carboxylic acids is 1. The standard InChI is InChI=1S/C58H79N17O15/c1-30(2)21-40(51(84)69-39(9-5-19-63-58(60)61)57(90)75-20-6-10-45(75)56(89)65-27-46(59)78)70-50(83)38(16-18-48(80)81)68-52(85)41(22-31-11-13-34(77)14-12-31)71-55(88)44(28-76)74-53(86)42(23-32-25-64-36-8-4-3-7-35(32)36)72-54(87)43(24-33-26-62-29-66-33)73-49(82)37-15-17-47(79)67-37/h3-4,7-8,11-14,25-26,29-30,37-45,64,76-77H,5-6,9-10,15-24,27-28H2,1-2H3,(H2,59,78)(H,62,66)(H,65,89)(H,67,79)(H,68,85)(H,69,84)(H,70,83)(H,71,88)(H,72,87)(H,73,82)(H,74,86)(H,80,81)(H4,60,61,63)/t37-,38+,39-,40-,41-,42-,43-,44-,45-/m0/s1. The van der Waals surface area contributed by atoms with E-state index in [-0.39, 0.29) is 94.4 Å². The molecule has 11 amide bonds. The number of nitrogens with one attached hydrogen (secondary N) is 11. The van der Waals surface area contributed by atoms with E-state index in [4.69, 9.17) is 17.2 Å². The number of aliphatic hydroxyl groups excluding tert-OH is 1. The number of carbonyl (C=O) groups excluding carboxylic acids is 11. The number of phenols is 1. The molecule has 0 radical (unpaired) electrons. The van der Waals surface area contributed by atoms with E-state index in [1.807, 2.05) is 0 Å². The van der Waals surface area contributed by atoms with E-state index in [0.29, 0.717) is 34.1 Å². The van der Waals surface area contributed by atoms with E-state index in [1.54, 1.807) is 44.3 Å². The van der Waals surface area contributed by atoms with Crippen molar-refractivity contribution in [1.29, 1.82) is 0 Å². The first-order valence-electron chi connectivity index (χ1n) is 29.4. The lowest BCUT2D eigenvalue weighted by molar-refractivity contribution is -0.142. The number of amides is 11. The SMILES string of the molecule is CC(C)C[C@H](NC(=O)[C@@H](CCC(=O)O)NC(=O)[C@H](Cc1ccc(O)cc1)NC(=O)[C@H](CO)NC(=O)[C@H](Cc1c[nH]c2ccccc12)NC(=O)[C@H](Cc1cnc[nH]1)NC(=O)[C@@H]1CCC(=O)N1)C(=O)N[C@@H](CCCN=C(N)N)C(=O)N1CCC[C@H]1C(=O)NCC(N)=O. The molecule has 0 unspecified atom stereocenters. The number of aromatic amines is 2. The summed E-state index contributed by atoms with van der Waals surface area (Å²) < 4.78 is 0. The number of carboxylic acid groups (broad SMARTS) is 1. The number of carboxylic acids is 1. The number of guanidine groups is 1. The molecule has 2 saturated heterocycles. The Morgan fingerprint density at radius 1 is 0.711 bits per heavy atom. The lowest BCUT2D eigenvalue weighted by Gasteiger charge is -2.30. The molecule has 2 fully saturated rings. The summed E-state index contributed by atoms with van der Waals surface area (Å²) in [6.45, 7) is 2.05. The van der Waals surface area contributed by atoms with Crippen LogP contribution in [0.4, 0.5) is 0 Å². The lowest BCUT2D eigenvalue weighted by atomic mass is 10.0. The first kappa shape index (κ1) is 69.0. The van der Waals surface area contributed by atoms with Crippen LogP contribution in [0.25, 0.3) is 10.9 Å². The molecule has 486 valence electrons. The second-order valence-electron chi connectivity index (χ2n) is 22.4. The molecule has 2 aromatic heterocycles. The number of phenolic OH excluding ortho intramolecular Hbond substituents is 1. The number of primary amides is 1. The van der Waals surface area contributed by atoms with Crippen LogP contribution in [-0.2, 0) is 76.8 Å². The lowest BCUT2D eigenvalue weighted by Crippen LogP contribution is -2.61. The van der Waals surface area contributed by atoms with Crippen LogP contribution in [0.3, 0.4) is 0 Å². The van der Waals surface area contributed by atoms with Crippen LogP contribution >= 0.6 is 0 Å². The highest BCUT2D eigenvalue weighted by molar-refractivity contribution is 6.00. The Balaban J connectivity index is 1.23. The third-order valence-corrected chi connectivity index (χ3v) is 14.9. The van der Waals surface area contributed by atoms with Gasteiger partial charge in [0, 0.05) is 74.2 Å². The van der Waals surface area contributed by atoms with E-state index >= 15 is 0 Å². The Bertz CT molecular complexity index is 3240. The third-order valence-electron chi connectivity index (χ3n) is 14.9. The van der Waals surface area contributed by atoms with Crippen LogP contribution in [-0.4, -0.2) is 193 Å². The number of fused-ring (bicyclic) bond motifs is 1. The maximum atomic E-state index is 14.6. The van der Waals surface area contributed by atoms with Gasteiger partial charge in [-0.15, -0.1) is 0 Å². The van der Waals surface area contributed by atoms with E-state index in [0.717, 1.165) is 0 Å². The smallest absolute Gasteiger partial charge is 0.303 e. The summed E-state index contributed by atoms with van der Waals surface area (Å²) in [5.41, 5.74) is 18.2. The zero-order chi connectivity index (χ0) is 65.6. The zero-order valence-electron chi connectivity index (χ0n) is 49.8. The van der Waals surface area contributed by atoms with Crippen molar-refractivity contribution in [3.8, 4) is 5.75 Å². The number of aliphatic hydroxyl groups is 1. The van der Waals surface area contributed by atoms with Gasteiger partial charge in [-0.25, -0.2) is 4.98 Å². The van der Waals surface area contributed by atoms with E-state index < -0.39 is 145 Å². The molecular formula is C58H79N17O15. The summed E-state index contributed by atoms with van der Waals surface area (Å²) in [5, 5.41) is 54.3. The van der Waals surface area contributed by atoms with Gasteiger partial charge in [-0.1, -0.05) is 44.2 Å². The fraction of sp³-hybridized carbons (Fsp3) is 0.483. The molecular weight excluding hydrogens is 1170 g/mol. The molecule has 9 atom stereocenters. The molecule has 0 bridgehead atoms. The van der Waals surface area contributed by atoms with Gasteiger partial charge in [-0.05, 0) is 80.2 Å². The van der Waals surface area contributed by atoms with Gasteiger partial charge in [0.05, 0.1) is 19.5 Å². The number of hydrogen-bond acceptors (Lipinski definition) is 16. The van der Waals surface area contributed by atoms with Crippen molar-refractivity contribution in [3.63, 3.8) is 0 Å². The van der Waals surface area contributed by atoms with Crippen molar-refractivity contribution >= 4 is 87.8 Å². The normalized spacial score (nSPS) is 16.8. The monoisotopic (exact) mass is 1250 g/mol. The van der Waals surface area contributed by atoms with Gasteiger partial charge in [0.15, 0.2) is 5.96 Å². The minimum atomic E-state index is -1.85. The molecule has 0 saturated carbocycles. The highest BCUT2D eigenvalue weighted by Crippen LogP contribution is 2.22. The van der Waals surface area contributed by atoms with E-state index in [9.17, 15) is 72.9 Å². The van der Waals surface area contributed by atoms with Gasteiger partial charge in [0.2, 0.25) is 65.0 Å². The predicted molar refractivity (Wildman–Crippen MR) is 321 cm³/mol. The zero-order valence-corrected chi connectivity index (χ0v) is 49.8. The molecule has 4 aromatic rings. The second kappa shape index (κ2) is 33.3. The van der Waals surface area contributed by atoms with Crippen molar-refractivity contribution in [2.24, 2.45) is 28.1 Å². The van der Waals surface area contributed by atoms with Crippen LogP contribution in [0, 0.1) is 5.92 Å². The number of para-hydroxylation sites is 1. The second-order valence-corrected chi connectivity index (χ2v) is 22.4. The molecule has 0 spiro atoms. The fourth-order valence-electron chi connectivity index (χ4n) is 10.3. The Hall–Kier alpha value is -10.1. The average Bonchev–Trinajstić information content (AvgIpc) is 1.84. The number of nitrogens with zero attached hydrogens (tertiary/aromatic N) is 3. The van der Waals surface area contributed by atoms with Gasteiger partial charge in [0.25, 0.3) is 0 Å². The molecule has 32 nitrogen and oxygen atoms in total. The number of benzene rings is 2. The topological polar surface area (TPSA) is 512 Å². The summed E-state index contributed by atoms with van der Waals surface area (Å²) in [5.74, 6) is -11.2. The van der Waals surface area contributed by atoms with E-state index in [2.05, 4.69) is 67.8 Å². The van der Waals surface area contributed by atoms with E-state index in [1.165, 1.54) is 41.7 Å². The number of aliphatic imine (C=N–C) groups is 1. The maximum absolute atomic E-state index is 14.6. The van der Waals surface area contributed by atoms with Crippen LogP contribution in [0.15, 0.2) is 72.2 Å². The van der Waals surface area contributed by atoms with Gasteiger partial charge in [-0.3, -0.25) is 62.5 Å². The van der Waals surface area contributed by atoms with Crippen molar-refractivity contribution in [3.05, 3.63) is 84.1 Å². The van der Waals surface area contributed by atoms with Crippen LogP contribution in [0.5, 0.6) is 5.75 Å². The number of hydrogen-bond donors (Lipinski definition) is 17. The molecule has 20 N–H and O–H groups in total. The Kier molecular flexibility index (Phi) is 25.5. The van der Waals surface area contributed by atoms with Crippen molar-refractivity contribution in [1.82, 2.24) is 67.7 Å². The Labute approximate surface area is 516 Å². The quantitative estimate of drug-likeness (QED) is 0.0120. The van der Waals surface area contributed by atoms with Gasteiger partial charge < -0.3 is 95.2 Å². The number of aromatic hydroxyl groups is 1. The molecule has 2 aromatic carbocycles. The number of rotatable bonds is 34. The number of H-pyrrole nitrogens is 2.